The van der Waals surface area contributed by atoms with Crippen molar-refractivity contribution < 1.29 is 28.2 Å². The molecule has 0 bridgehead atoms. The highest BCUT2D eigenvalue weighted by atomic mass is 19.2. The van der Waals surface area contributed by atoms with Crippen LogP contribution < -0.4 is 17.0 Å². The normalized spacial score (nSPS) is 27.5. The van der Waals surface area contributed by atoms with E-state index in [4.69, 9.17) is 15.2 Å². The van der Waals surface area contributed by atoms with Crippen LogP contribution in [-0.4, -0.2) is 45.2 Å². The van der Waals surface area contributed by atoms with Gasteiger partial charge in [0, 0.05) is 6.42 Å². The number of ether oxygens (including phenoxy) is 2. The molecule has 0 aromatic carbocycles. The molecule has 1 aliphatic rings. The Morgan fingerprint density at radius 3 is 2.84 bits per heavy atom. The van der Waals surface area contributed by atoms with Gasteiger partial charge in [0.2, 0.25) is 11.7 Å². The summed E-state index contributed by atoms with van der Waals surface area (Å²) in [5.41, 5.74) is 3.24. The van der Waals surface area contributed by atoms with Gasteiger partial charge in [0.1, 0.15) is 12.1 Å². The molecule has 1 fully saturated rings. The van der Waals surface area contributed by atoms with Crippen LogP contribution in [0.15, 0.2) is 15.8 Å². The van der Waals surface area contributed by atoms with E-state index in [9.17, 15) is 28.3 Å². The fourth-order valence-electron chi connectivity index (χ4n) is 2.29. The van der Waals surface area contributed by atoms with Gasteiger partial charge in [-0.1, -0.05) is 13.8 Å². The predicted molar refractivity (Wildman–Crippen MR) is 79.6 cm³/mol. The summed E-state index contributed by atoms with van der Waals surface area (Å²) in [6.45, 7) is 2.50. The fraction of sp³-hybridized carbons (Fsp3) is 0.643. The topological polar surface area (TPSA) is 137 Å². The van der Waals surface area contributed by atoms with Gasteiger partial charge in [-0.25, -0.2) is 9.18 Å². The lowest BCUT2D eigenvalue weighted by atomic mass is 10.1. The minimum Gasteiger partial charge on any atom is -0.458 e. The number of halogens is 2. The van der Waals surface area contributed by atoms with Crippen LogP contribution in [0.25, 0.3) is 0 Å². The van der Waals surface area contributed by atoms with Crippen LogP contribution in [0.2, 0.25) is 0 Å². The maximum atomic E-state index is 14.7. The number of aromatic amines is 1. The SMILES string of the molecule is CC(C)[C@H](N)C(=O)OC[C@]1(F)C[C@@H](O)[C@H](n2cc(F)c(=O)[nH]c2=O)O1. The molecule has 2 heterocycles. The number of rotatable bonds is 5. The highest BCUT2D eigenvalue weighted by Gasteiger charge is 2.49. The second-order valence-electron chi connectivity index (χ2n) is 6.18. The lowest BCUT2D eigenvalue weighted by Crippen LogP contribution is -2.40. The quantitative estimate of drug-likeness (QED) is 0.580. The standard InChI is InChI=1S/C14H19F2N3O6/c1-6(2)9(17)12(22)24-5-14(16)3-8(20)11(25-14)19-4-7(15)10(21)18-13(19)23/h4,6,8-9,11,20H,3,5,17H2,1-2H3,(H,18,21,23)/t8-,9+,11-,14+/m1/s1. The monoisotopic (exact) mass is 363 g/mol. The van der Waals surface area contributed by atoms with E-state index in [2.05, 4.69) is 0 Å². The molecule has 1 aromatic rings. The Bertz CT molecular complexity index is 764. The largest absolute Gasteiger partial charge is 0.458 e. The van der Waals surface area contributed by atoms with Crippen molar-refractivity contribution in [3.8, 4) is 0 Å². The smallest absolute Gasteiger partial charge is 0.330 e. The summed E-state index contributed by atoms with van der Waals surface area (Å²) in [6, 6.07) is -0.957. The second-order valence-corrected chi connectivity index (χ2v) is 6.18. The molecular weight excluding hydrogens is 344 g/mol. The third kappa shape index (κ3) is 4.11. The molecular formula is C14H19F2N3O6. The zero-order valence-electron chi connectivity index (χ0n) is 13.6. The number of carbonyl (C=O) groups excluding carboxylic acids is 1. The molecule has 0 aliphatic carbocycles. The maximum absolute atomic E-state index is 14.7. The fourth-order valence-corrected chi connectivity index (χ4v) is 2.29. The van der Waals surface area contributed by atoms with Crippen LogP contribution in [0, 0.1) is 11.7 Å². The number of hydrogen-bond acceptors (Lipinski definition) is 7. The van der Waals surface area contributed by atoms with Gasteiger partial charge in [0.25, 0.3) is 5.56 Å². The molecule has 0 unspecified atom stereocenters. The molecule has 25 heavy (non-hydrogen) atoms. The van der Waals surface area contributed by atoms with Crippen molar-refractivity contribution in [3.63, 3.8) is 0 Å². The van der Waals surface area contributed by atoms with E-state index in [-0.39, 0.29) is 5.92 Å². The van der Waals surface area contributed by atoms with Crippen LogP contribution in [0.4, 0.5) is 8.78 Å². The van der Waals surface area contributed by atoms with Crippen molar-refractivity contribution in [3.05, 3.63) is 32.9 Å². The summed E-state index contributed by atoms with van der Waals surface area (Å²) >= 11 is 0. The summed E-state index contributed by atoms with van der Waals surface area (Å²) in [5, 5.41) is 9.92. The van der Waals surface area contributed by atoms with Gasteiger partial charge < -0.3 is 20.3 Å². The first-order valence-corrected chi connectivity index (χ1v) is 7.52. The molecule has 2 rings (SSSR count). The van der Waals surface area contributed by atoms with Gasteiger partial charge in [0.15, 0.2) is 12.8 Å². The van der Waals surface area contributed by atoms with E-state index in [0.717, 1.165) is 0 Å². The lowest BCUT2D eigenvalue weighted by molar-refractivity contribution is -0.197. The Labute approximate surface area is 140 Å². The molecule has 4 atom stereocenters. The Hall–Kier alpha value is -2.11. The first kappa shape index (κ1) is 19.2. The number of esters is 1. The molecule has 1 saturated heterocycles. The molecule has 1 aliphatic heterocycles. The van der Waals surface area contributed by atoms with Gasteiger partial charge in [-0.05, 0) is 5.92 Å². The Morgan fingerprint density at radius 1 is 1.60 bits per heavy atom. The van der Waals surface area contributed by atoms with Gasteiger partial charge >= 0.3 is 11.7 Å². The van der Waals surface area contributed by atoms with E-state index in [1.54, 1.807) is 18.8 Å². The molecule has 11 heteroatoms. The first-order chi connectivity index (χ1) is 11.5. The third-order valence-electron chi connectivity index (χ3n) is 3.79. The van der Waals surface area contributed by atoms with Crippen molar-refractivity contribution in [2.75, 3.05) is 6.61 Å². The average Bonchev–Trinajstić information content (AvgIpc) is 2.83. The third-order valence-corrected chi connectivity index (χ3v) is 3.79. The number of aliphatic hydroxyl groups is 1. The Kier molecular flexibility index (Phi) is 5.40. The van der Waals surface area contributed by atoms with Crippen LogP contribution in [0.3, 0.4) is 0 Å². The van der Waals surface area contributed by atoms with Crippen molar-refractivity contribution in [2.24, 2.45) is 11.7 Å². The molecule has 9 nitrogen and oxygen atoms in total. The van der Waals surface area contributed by atoms with Crippen molar-refractivity contribution >= 4 is 5.97 Å². The minimum absolute atomic E-state index is 0.228. The maximum Gasteiger partial charge on any atom is 0.330 e. The van der Waals surface area contributed by atoms with Crippen LogP contribution in [0.5, 0.6) is 0 Å². The number of H-pyrrole nitrogens is 1. The highest BCUT2D eigenvalue weighted by Crippen LogP contribution is 2.37. The molecule has 4 N–H and O–H groups in total. The number of aromatic nitrogens is 2. The van der Waals surface area contributed by atoms with E-state index in [1.165, 1.54) is 0 Å². The minimum atomic E-state index is -2.59. The molecule has 0 amide bonds. The molecule has 1 aromatic heterocycles. The van der Waals surface area contributed by atoms with Crippen molar-refractivity contribution in [1.82, 2.24) is 9.55 Å². The second kappa shape index (κ2) is 7.02. The Morgan fingerprint density at radius 2 is 2.24 bits per heavy atom. The summed E-state index contributed by atoms with van der Waals surface area (Å²) < 4.78 is 38.2. The van der Waals surface area contributed by atoms with Gasteiger partial charge in [-0.3, -0.25) is 19.1 Å². The highest BCUT2D eigenvalue weighted by molar-refractivity contribution is 5.75. The number of nitrogens with one attached hydrogen (secondary N) is 1. The number of aliphatic hydroxyl groups excluding tert-OH is 1. The summed E-state index contributed by atoms with van der Waals surface area (Å²) in [7, 11) is 0. The molecule has 0 spiro atoms. The summed E-state index contributed by atoms with van der Waals surface area (Å²) in [6.07, 6.45) is -3.26. The van der Waals surface area contributed by atoms with Gasteiger partial charge in [-0.15, -0.1) is 0 Å². The van der Waals surface area contributed by atoms with Crippen LogP contribution in [0.1, 0.15) is 26.5 Å². The predicted octanol–water partition coefficient (Wildman–Crippen LogP) is -0.852. The number of carbonyl (C=O) groups is 1. The number of alkyl halides is 1. The van der Waals surface area contributed by atoms with Crippen molar-refractivity contribution in [1.29, 1.82) is 0 Å². The lowest BCUT2D eigenvalue weighted by Gasteiger charge is -2.22. The van der Waals surface area contributed by atoms with Gasteiger partial charge in [0.05, 0.1) is 6.20 Å². The molecule has 0 radical (unpaired) electrons. The molecule has 140 valence electrons. The summed E-state index contributed by atoms with van der Waals surface area (Å²) in [5.74, 6) is -4.97. The zero-order valence-corrected chi connectivity index (χ0v) is 13.6. The van der Waals surface area contributed by atoms with E-state index < -0.39 is 60.3 Å². The number of hydrogen-bond donors (Lipinski definition) is 3. The van der Waals surface area contributed by atoms with Gasteiger partial charge in [-0.2, -0.15) is 4.39 Å². The number of nitrogens with zero attached hydrogens (tertiary/aromatic N) is 1. The van der Waals surface area contributed by atoms with E-state index in [1.807, 2.05) is 0 Å². The van der Waals surface area contributed by atoms with Crippen LogP contribution >= 0.6 is 0 Å². The van der Waals surface area contributed by atoms with E-state index >= 15 is 0 Å². The summed E-state index contributed by atoms with van der Waals surface area (Å²) in [4.78, 5) is 36.1. The first-order valence-electron chi connectivity index (χ1n) is 7.52. The van der Waals surface area contributed by atoms with Crippen LogP contribution in [-0.2, 0) is 14.3 Å². The average molecular weight is 363 g/mol. The van der Waals surface area contributed by atoms with E-state index in [0.29, 0.717) is 10.8 Å². The molecule has 0 saturated carbocycles. The van der Waals surface area contributed by atoms with Crippen molar-refractivity contribution in [2.45, 2.75) is 44.5 Å². The Balaban J connectivity index is 2.12. The zero-order chi connectivity index (χ0) is 18.9. The number of nitrogens with two attached hydrogens (primary N) is 1.